The van der Waals surface area contributed by atoms with Crippen LogP contribution in [0.25, 0.3) is 5.57 Å². The minimum absolute atomic E-state index is 0.252. The number of pyridine rings is 1. The lowest BCUT2D eigenvalue weighted by molar-refractivity contribution is 0.102. The standard InChI is InChI=1S/C15H13FN2O/c1-10(2)11-6-7-17-14(9-11)18-15(19)12-4-3-5-13(16)8-12/h3-9H,1H2,2H3,(H,17,18,19). The van der Waals surface area contributed by atoms with E-state index in [2.05, 4.69) is 16.9 Å². The highest BCUT2D eigenvalue weighted by molar-refractivity contribution is 6.03. The van der Waals surface area contributed by atoms with Gasteiger partial charge in [0, 0.05) is 11.8 Å². The van der Waals surface area contributed by atoms with Crippen molar-refractivity contribution in [3.05, 3.63) is 66.1 Å². The van der Waals surface area contributed by atoms with E-state index in [4.69, 9.17) is 0 Å². The summed E-state index contributed by atoms with van der Waals surface area (Å²) in [6.07, 6.45) is 1.59. The van der Waals surface area contributed by atoms with Gasteiger partial charge in [0.2, 0.25) is 0 Å². The van der Waals surface area contributed by atoms with E-state index in [0.717, 1.165) is 11.1 Å². The summed E-state index contributed by atoms with van der Waals surface area (Å²) in [7, 11) is 0. The van der Waals surface area contributed by atoms with E-state index < -0.39 is 11.7 Å². The van der Waals surface area contributed by atoms with Gasteiger partial charge in [-0.25, -0.2) is 9.37 Å². The van der Waals surface area contributed by atoms with Gasteiger partial charge in [0.15, 0.2) is 0 Å². The van der Waals surface area contributed by atoms with Crippen molar-refractivity contribution in [1.82, 2.24) is 4.98 Å². The third kappa shape index (κ3) is 3.25. The number of hydrogen-bond donors (Lipinski definition) is 1. The van der Waals surface area contributed by atoms with Crippen molar-refractivity contribution >= 4 is 17.3 Å². The SMILES string of the molecule is C=C(C)c1ccnc(NC(=O)c2cccc(F)c2)c1. The van der Waals surface area contributed by atoms with Gasteiger partial charge in [-0.2, -0.15) is 0 Å². The average Bonchev–Trinajstić information content (AvgIpc) is 2.39. The Bertz CT molecular complexity index is 638. The molecule has 1 heterocycles. The van der Waals surface area contributed by atoms with Gasteiger partial charge in [-0.3, -0.25) is 4.79 Å². The van der Waals surface area contributed by atoms with E-state index >= 15 is 0 Å². The molecule has 0 aliphatic heterocycles. The number of rotatable bonds is 3. The lowest BCUT2D eigenvalue weighted by Crippen LogP contribution is -2.13. The van der Waals surface area contributed by atoms with Crippen molar-refractivity contribution in [2.45, 2.75) is 6.92 Å². The zero-order chi connectivity index (χ0) is 13.8. The van der Waals surface area contributed by atoms with Crippen LogP contribution in [0.4, 0.5) is 10.2 Å². The molecule has 0 atom stereocenters. The third-order valence-corrected chi connectivity index (χ3v) is 2.58. The van der Waals surface area contributed by atoms with Gasteiger partial charge in [-0.1, -0.05) is 18.2 Å². The molecule has 2 aromatic rings. The Kier molecular flexibility index (Phi) is 3.71. The average molecular weight is 256 g/mol. The first-order valence-electron chi connectivity index (χ1n) is 5.75. The first-order chi connectivity index (χ1) is 9.06. The second-order valence-electron chi connectivity index (χ2n) is 4.17. The molecule has 0 bridgehead atoms. The number of hydrogen-bond acceptors (Lipinski definition) is 2. The summed E-state index contributed by atoms with van der Waals surface area (Å²) < 4.78 is 13.0. The lowest BCUT2D eigenvalue weighted by Gasteiger charge is -2.06. The zero-order valence-electron chi connectivity index (χ0n) is 10.5. The van der Waals surface area contributed by atoms with Crippen LogP contribution in [-0.4, -0.2) is 10.9 Å². The molecular formula is C15H13FN2O. The van der Waals surface area contributed by atoms with E-state index in [1.54, 1.807) is 24.4 Å². The Morgan fingerprint density at radius 3 is 2.74 bits per heavy atom. The van der Waals surface area contributed by atoms with Crippen LogP contribution in [0.5, 0.6) is 0 Å². The fraction of sp³-hybridized carbons (Fsp3) is 0.0667. The summed E-state index contributed by atoms with van der Waals surface area (Å²) >= 11 is 0. The minimum Gasteiger partial charge on any atom is -0.307 e. The van der Waals surface area contributed by atoms with Crippen LogP contribution in [-0.2, 0) is 0 Å². The van der Waals surface area contributed by atoms with Gasteiger partial charge in [-0.15, -0.1) is 0 Å². The summed E-state index contributed by atoms with van der Waals surface area (Å²) in [6, 6.07) is 9.03. The highest BCUT2D eigenvalue weighted by Crippen LogP contribution is 2.15. The van der Waals surface area contributed by atoms with Crippen LogP contribution >= 0.6 is 0 Å². The van der Waals surface area contributed by atoms with Crippen LogP contribution in [0, 0.1) is 5.82 Å². The molecule has 1 amide bonds. The molecule has 3 nitrogen and oxygen atoms in total. The monoisotopic (exact) mass is 256 g/mol. The van der Waals surface area contributed by atoms with Gasteiger partial charge in [-0.05, 0) is 42.8 Å². The number of nitrogens with one attached hydrogen (secondary N) is 1. The van der Waals surface area contributed by atoms with Crippen molar-refractivity contribution in [2.24, 2.45) is 0 Å². The van der Waals surface area contributed by atoms with Crippen LogP contribution in [0.15, 0.2) is 49.2 Å². The summed E-state index contributed by atoms with van der Waals surface area (Å²) in [4.78, 5) is 16.0. The maximum atomic E-state index is 13.0. The fourth-order valence-corrected chi connectivity index (χ4v) is 1.58. The third-order valence-electron chi connectivity index (χ3n) is 2.58. The number of carbonyl (C=O) groups excluding carboxylic acids is 1. The summed E-state index contributed by atoms with van der Waals surface area (Å²) in [5.74, 6) is -0.433. The Labute approximate surface area is 110 Å². The second-order valence-corrected chi connectivity index (χ2v) is 4.17. The number of nitrogens with zero attached hydrogens (tertiary/aromatic N) is 1. The topological polar surface area (TPSA) is 42.0 Å². The summed E-state index contributed by atoms with van der Waals surface area (Å²) in [5, 5.41) is 2.62. The molecule has 1 aromatic carbocycles. The van der Waals surface area contributed by atoms with Crippen LogP contribution in [0.1, 0.15) is 22.8 Å². The van der Waals surface area contributed by atoms with Gasteiger partial charge in [0.05, 0.1) is 0 Å². The molecule has 1 aromatic heterocycles. The van der Waals surface area contributed by atoms with Crippen molar-refractivity contribution in [1.29, 1.82) is 0 Å². The largest absolute Gasteiger partial charge is 0.307 e. The number of amides is 1. The maximum absolute atomic E-state index is 13.0. The molecule has 0 radical (unpaired) electrons. The summed E-state index contributed by atoms with van der Waals surface area (Å²) in [5.41, 5.74) is 2.02. The number of anilines is 1. The molecule has 2 rings (SSSR count). The van der Waals surface area contributed by atoms with Crippen molar-refractivity contribution in [3.8, 4) is 0 Å². The fourth-order valence-electron chi connectivity index (χ4n) is 1.58. The molecule has 0 aliphatic rings. The minimum atomic E-state index is -0.448. The van der Waals surface area contributed by atoms with Crippen molar-refractivity contribution in [2.75, 3.05) is 5.32 Å². The molecule has 19 heavy (non-hydrogen) atoms. The Hall–Kier alpha value is -2.49. The number of aromatic nitrogens is 1. The molecule has 0 unspecified atom stereocenters. The second kappa shape index (κ2) is 5.44. The van der Waals surface area contributed by atoms with Gasteiger partial charge < -0.3 is 5.32 Å². The van der Waals surface area contributed by atoms with E-state index in [1.165, 1.54) is 18.2 Å². The number of halogens is 1. The van der Waals surface area contributed by atoms with E-state index in [-0.39, 0.29) is 5.56 Å². The van der Waals surface area contributed by atoms with Crippen molar-refractivity contribution < 1.29 is 9.18 Å². The first-order valence-corrected chi connectivity index (χ1v) is 5.75. The number of carbonyl (C=O) groups is 1. The zero-order valence-corrected chi connectivity index (χ0v) is 10.5. The van der Waals surface area contributed by atoms with Crippen LogP contribution in [0.2, 0.25) is 0 Å². The predicted octanol–water partition coefficient (Wildman–Crippen LogP) is 3.51. The van der Waals surface area contributed by atoms with Gasteiger partial charge >= 0.3 is 0 Å². The maximum Gasteiger partial charge on any atom is 0.256 e. The predicted molar refractivity (Wildman–Crippen MR) is 73.3 cm³/mol. The highest BCUT2D eigenvalue weighted by Gasteiger charge is 2.08. The molecule has 0 spiro atoms. The molecule has 0 saturated heterocycles. The van der Waals surface area contributed by atoms with Crippen molar-refractivity contribution in [3.63, 3.8) is 0 Å². The summed E-state index contributed by atoms with van der Waals surface area (Å²) in [6.45, 7) is 5.69. The van der Waals surface area contributed by atoms with Crippen LogP contribution < -0.4 is 5.32 Å². The molecule has 4 heteroatoms. The normalized spacial score (nSPS) is 10.0. The smallest absolute Gasteiger partial charge is 0.256 e. The Morgan fingerprint density at radius 1 is 1.26 bits per heavy atom. The lowest BCUT2D eigenvalue weighted by atomic mass is 10.1. The first kappa shape index (κ1) is 13.0. The Morgan fingerprint density at radius 2 is 2.05 bits per heavy atom. The van der Waals surface area contributed by atoms with Gasteiger partial charge in [0.1, 0.15) is 11.6 Å². The van der Waals surface area contributed by atoms with Gasteiger partial charge in [0.25, 0.3) is 5.91 Å². The Balaban J connectivity index is 2.19. The number of benzene rings is 1. The molecular weight excluding hydrogens is 243 g/mol. The molecule has 1 N–H and O–H groups in total. The van der Waals surface area contributed by atoms with E-state index in [9.17, 15) is 9.18 Å². The van der Waals surface area contributed by atoms with E-state index in [1.807, 2.05) is 6.92 Å². The van der Waals surface area contributed by atoms with E-state index in [0.29, 0.717) is 5.82 Å². The quantitative estimate of drug-likeness (QED) is 0.913. The molecule has 96 valence electrons. The molecule has 0 aliphatic carbocycles. The molecule has 0 fully saturated rings. The number of allylic oxidation sites excluding steroid dienone is 1. The molecule has 0 saturated carbocycles. The highest BCUT2D eigenvalue weighted by atomic mass is 19.1. The van der Waals surface area contributed by atoms with Crippen LogP contribution in [0.3, 0.4) is 0 Å².